The third kappa shape index (κ3) is 3.64. The summed E-state index contributed by atoms with van der Waals surface area (Å²) < 4.78 is 14.0. The average Bonchev–Trinajstić information content (AvgIpc) is 2.38. The van der Waals surface area contributed by atoms with Gasteiger partial charge in [0.25, 0.3) is 5.91 Å². The molecule has 0 spiro atoms. The Morgan fingerprint density at radius 3 is 2.63 bits per heavy atom. The van der Waals surface area contributed by atoms with Crippen LogP contribution in [0.5, 0.6) is 0 Å². The van der Waals surface area contributed by atoms with E-state index < -0.39 is 5.82 Å². The molecule has 0 saturated heterocycles. The smallest absolute Gasteiger partial charge is 0.251 e. The topological polar surface area (TPSA) is 29.1 Å². The Labute approximate surface area is 119 Å². The monoisotopic (exact) mass is 321 g/mol. The number of hydrogen-bond acceptors (Lipinski definition) is 1. The number of hydrogen-bond donors (Lipinski definition) is 1. The lowest BCUT2D eigenvalue weighted by Gasteiger charge is -2.14. The maximum atomic E-state index is 13.1. The van der Waals surface area contributed by atoms with Crippen LogP contribution in [-0.2, 0) is 0 Å². The number of halogens is 2. The molecule has 0 bridgehead atoms. The van der Waals surface area contributed by atoms with Crippen LogP contribution in [-0.4, -0.2) is 5.91 Å². The minimum Gasteiger partial charge on any atom is -0.346 e. The highest BCUT2D eigenvalue weighted by atomic mass is 79.9. The van der Waals surface area contributed by atoms with E-state index in [1.165, 1.54) is 18.2 Å². The number of rotatable bonds is 3. The molecule has 0 aliphatic heterocycles. The number of benzene rings is 2. The number of nitrogens with one attached hydrogen (secondary N) is 1. The summed E-state index contributed by atoms with van der Waals surface area (Å²) in [5.74, 6) is -0.699. The van der Waals surface area contributed by atoms with Crippen molar-refractivity contribution in [1.82, 2.24) is 5.32 Å². The number of carbonyl (C=O) groups excluding carboxylic acids is 1. The van der Waals surface area contributed by atoms with Gasteiger partial charge in [-0.25, -0.2) is 4.39 Å². The predicted molar refractivity (Wildman–Crippen MR) is 76.4 cm³/mol. The molecular weight excluding hydrogens is 309 g/mol. The molecule has 0 aromatic heterocycles. The number of amides is 1. The van der Waals surface area contributed by atoms with Crippen molar-refractivity contribution < 1.29 is 9.18 Å². The molecule has 2 aromatic carbocycles. The second-order valence-corrected chi connectivity index (χ2v) is 5.18. The minimum absolute atomic E-state index is 0.145. The van der Waals surface area contributed by atoms with Crippen LogP contribution in [0.15, 0.2) is 53.0 Å². The molecule has 0 radical (unpaired) electrons. The normalized spacial score (nSPS) is 11.9. The molecule has 0 heterocycles. The molecule has 1 atom stereocenters. The van der Waals surface area contributed by atoms with Crippen LogP contribution in [0.4, 0.5) is 4.39 Å². The highest BCUT2D eigenvalue weighted by molar-refractivity contribution is 9.10. The Balaban J connectivity index is 2.11. The first-order valence-electron chi connectivity index (χ1n) is 5.88. The molecule has 2 aromatic rings. The summed E-state index contributed by atoms with van der Waals surface area (Å²) in [6.45, 7) is 1.89. The molecule has 2 nitrogen and oxygen atoms in total. The molecule has 19 heavy (non-hydrogen) atoms. The van der Waals surface area contributed by atoms with E-state index in [9.17, 15) is 9.18 Å². The molecule has 98 valence electrons. The van der Waals surface area contributed by atoms with Crippen molar-refractivity contribution in [3.05, 3.63) is 69.9 Å². The van der Waals surface area contributed by atoms with Gasteiger partial charge in [0.1, 0.15) is 5.82 Å². The molecule has 0 unspecified atom stereocenters. The summed E-state index contributed by atoms with van der Waals surface area (Å²) in [6.07, 6.45) is 0. The number of carbonyl (C=O) groups is 1. The SMILES string of the molecule is C[C@H](NC(=O)c1cccc(F)c1)c1cccc(Br)c1. The van der Waals surface area contributed by atoms with Gasteiger partial charge in [0.05, 0.1) is 6.04 Å². The maximum absolute atomic E-state index is 13.1. The second-order valence-electron chi connectivity index (χ2n) is 4.26. The first kappa shape index (κ1) is 13.7. The molecule has 4 heteroatoms. The lowest BCUT2D eigenvalue weighted by atomic mass is 10.1. The van der Waals surface area contributed by atoms with E-state index in [1.807, 2.05) is 31.2 Å². The van der Waals surface area contributed by atoms with Crippen molar-refractivity contribution >= 4 is 21.8 Å². The largest absolute Gasteiger partial charge is 0.346 e. The highest BCUT2D eigenvalue weighted by Gasteiger charge is 2.12. The summed E-state index contributed by atoms with van der Waals surface area (Å²) >= 11 is 3.39. The van der Waals surface area contributed by atoms with Crippen LogP contribution >= 0.6 is 15.9 Å². The van der Waals surface area contributed by atoms with Gasteiger partial charge in [-0.1, -0.05) is 34.1 Å². The quantitative estimate of drug-likeness (QED) is 0.906. The van der Waals surface area contributed by atoms with Gasteiger partial charge in [0.2, 0.25) is 0 Å². The van der Waals surface area contributed by atoms with E-state index in [0.29, 0.717) is 5.56 Å². The zero-order chi connectivity index (χ0) is 13.8. The average molecular weight is 322 g/mol. The Morgan fingerprint density at radius 2 is 1.95 bits per heavy atom. The van der Waals surface area contributed by atoms with Crippen LogP contribution in [0.1, 0.15) is 28.9 Å². The van der Waals surface area contributed by atoms with Crippen molar-refractivity contribution in [2.24, 2.45) is 0 Å². The van der Waals surface area contributed by atoms with Gasteiger partial charge >= 0.3 is 0 Å². The first-order chi connectivity index (χ1) is 9.06. The van der Waals surface area contributed by atoms with Crippen LogP contribution in [0, 0.1) is 5.82 Å². The third-order valence-corrected chi connectivity index (χ3v) is 3.28. The van der Waals surface area contributed by atoms with E-state index >= 15 is 0 Å². The van der Waals surface area contributed by atoms with E-state index in [-0.39, 0.29) is 11.9 Å². The summed E-state index contributed by atoms with van der Waals surface area (Å²) in [7, 11) is 0. The van der Waals surface area contributed by atoms with Crippen LogP contribution in [0.25, 0.3) is 0 Å². The van der Waals surface area contributed by atoms with E-state index in [4.69, 9.17) is 0 Å². The molecule has 0 saturated carbocycles. The Kier molecular flexibility index (Phi) is 4.32. The van der Waals surface area contributed by atoms with Crippen molar-refractivity contribution in [2.45, 2.75) is 13.0 Å². The molecular formula is C15H13BrFNO. The summed E-state index contributed by atoms with van der Waals surface area (Å²) in [5, 5.41) is 2.84. The first-order valence-corrected chi connectivity index (χ1v) is 6.67. The third-order valence-electron chi connectivity index (χ3n) is 2.78. The molecule has 2 rings (SSSR count). The van der Waals surface area contributed by atoms with Crippen LogP contribution in [0.3, 0.4) is 0 Å². The zero-order valence-electron chi connectivity index (χ0n) is 10.4. The van der Waals surface area contributed by atoms with E-state index in [2.05, 4.69) is 21.2 Å². The lowest BCUT2D eigenvalue weighted by molar-refractivity contribution is 0.0939. The van der Waals surface area contributed by atoms with Crippen LogP contribution < -0.4 is 5.32 Å². The molecule has 0 aliphatic rings. The van der Waals surface area contributed by atoms with Gasteiger partial charge in [-0.2, -0.15) is 0 Å². The maximum Gasteiger partial charge on any atom is 0.251 e. The van der Waals surface area contributed by atoms with Gasteiger partial charge in [0, 0.05) is 10.0 Å². The summed E-state index contributed by atoms with van der Waals surface area (Å²) in [6, 6.07) is 13.2. The van der Waals surface area contributed by atoms with Crippen molar-refractivity contribution in [2.75, 3.05) is 0 Å². The molecule has 1 N–H and O–H groups in total. The van der Waals surface area contributed by atoms with Crippen molar-refractivity contribution in [3.8, 4) is 0 Å². The Morgan fingerprint density at radius 1 is 1.21 bits per heavy atom. The van der Waals surface area contributed by atoms with Gasteiger partial charge in [-0.05, 0) is 42.8 Å². The van der Waals surface area contributed by atoms with Gasteiger partial charge in [0.15, 0.2) is 0 Å². The van der Waals surface area contributed by atoms with Crippen molar-refractivity contribution in [3.63, 3.8) is 0 Å². The summed E-state index contributed by atoms with van der Waals surface area (Å²) in [4.78, 5) is 12.0. The Hall–Kier alpha value is -1.68. The lowest BCUT2D eigenvalue weighted by Crippen LogP contribution is -2.26. The van der Waals surface area contributed by atoms with Crippen LogP contribution in [0.2, 0.25) is 0 Å². The van der Waals surface area contributed by atoms with Gasteiger partial charge in [-0.3, -0.25) is 4.79 Å². The molecule has 0 aliphatic carbocycles. The highest BCUT2D eigenvalue weighted by Crippen LogP contribution is 2.18. The summed E-state index contributed by atoms with van der Waals surface area (Å²) in [5.41, 5.74) is 1.31. The van der Waals surface area contributed by atoms with Gasteiger partial charge in [-0.15, -0.1) is 0 Å². The Bertz CT molecular complexity index is 600. The fourth-order valence-electron chi connectivity index (χ4n) is 1.77. The van der Waals surface area contributed by atoms with E-state index in [1.54, 1.807) is 6.07 Å². The zero-order valence-corrected chi connectivity index (χ0v) is 11.9. The van der Waals surface area contributed by atoms with Gasteiger partial charge < -0.3 is 5.32 Å². The molecule has 0 fully saturated rings. The fraction of sp³-hybridized carbons (Fsp3) is 0.133. The van der Waals surface area contributed by atoms with Crippen molar-refractivity contribution in [1.29, 1.82) is 0 Å². The standard InChI is InChI=1S/C15H13BrFNO/c1-10(11-4-2-6-13(16)8-11)18-15(19)12-5-3-7-14(17)9-12/h2-10H,1H3,(H,18,19)/t10-/m0/s1. The minimum atomic E-state index is -0.414. The fourth-order valence-corrected chi connectivity index (χ4v) is 2.19. The predicted octanol–water partition coefficient (Wildman–Crippen LogP) is 4.08. The molecule has 1 amide bonds. The van der Waals surface area contributed by atoms with E-state index in [0.717, 1.165) is 10.0 Å². The second kappa shape index (κ2) is 5.97.